The first-order chi connectivity index (χ1) is 11.6. The Balaban J connectivity index is 1.77. The van der Waals surface area contributed by atoms with Gasteiger partial charge in [0.15, 0.2) is 0 Å². The van der Waals surface area contributed by atoms with Gasteiger partial charge in [-0.1, -0.05) is 60.7 Å². The summed E-state index contributed by atoms with van der Waals surface area (Å²) in [7, 11) is 0. The van der Waals surface area contributed by atoms with E-state index in [0.29, 0.717) is 0 Å². The third-order valence-electron chi connectivity index (χ3n) is 3.93. The van der Waals surface area contributed by atoms with E-state index in [4.69, 9.17) is 9.84 Å². The van der Waals surface area contributed by atoms with E-state index in [1.807, 2.05) is 54.6 Å². The first-order valence-electron chi connectivity index (χ1n) is 7.63. The topological polar surface area (TPSA) is 75.6 Å². The maximum absolute atomic E-state index is 11.6. The van der Waals surface area contributed by atoms with Crippen LogP contribution in [0.5, 0.6) is 0 Å². The fourth-order valence-electron chi connectivity index (χ4n) is 2.85. The molecule has 1 atom stereocenters. The molecule has 24 heavy (non-hydrogen) atoms. The highest BCUT2D eigenvalue weighted by Crippen LogP contribution is 2.41. The average molecular weight is 323 g/mol. The maximum atomic E-state index is 11.6. The lowest BCUT2D eigenvalue weighted by Gasteiger charge is -2.17. The number of rotatable bonds is 5. The summed E-state index contributed by atoms with van der Waals surface area (Å²) < 4.78 is 5.23. The van der Waals surface area contributed by atoms with E-state index < -0.39 is 18.6 Å². The van der Waals surface area contributed by atoms with E-state index in [9.17, 15) is 9.59 Å². The number of carboxylic acids is 1. The van der Waals surface area contributed by atoms with Crippen LogP contribution in [0.3, 0.4) is 0 Å². The van der Waals surface area contributed by atoms with Crippen LogP contribution in [-0.2, 0) is 9.53 Å². The second-order valence-corrected chi connectivity index (χ2v) is 5.49. The van der Waals surface area contributed by atoms with Crippen molar-refractivity contribution in [1.29, 1.82) is 0 Å². The van der Waals surface area contributed by atoms with Crippen molar-refractivity contribution in [2.75, 3.05) is 13.2 Å². The molecule has 0 aliphatic heterocycles. The quantitative estimate of drug-likeness (QED) is 0.886. The van der Waals surface area contributed by atoms with Crippen molar-refractivity contribution in [3.8, 4) is 0 Å². The second-order valence-electron chi connectivity index (χ2n) is 5.49. The molecule has 0 heterocycles. The fraction of sp³-hybridized carbons (Fsp3) is 0.158. The molecule has 122 valence electrons. The Morgan fingerprint density at radius 3 is 2.50 bits per heavy atom. The first-order valence-corrected chi connectivity index (χ1v) is 7.63. The zero-order valence-electron chi connectivity index (χ0n) is 12.9. The van der Waals surface area contributed by atoms with Crippen molar-refractivity contribution < 1.29 is 19.4 Å². The zero-order chi connectivity index (χ0) is 16.9. The molecule has 0 saturated heterocycles. The molecule has 0 spiro atoms. The molecular formula is C19H17NO4. The van der Waals surface area contributed by atoms with Crippen LogP contribution in [0.25, 0.3) is 11.6 Å². The number of aliphatic carboxylic acids is 1. The van der Waals surface area contributed by atoms with Gasteiger partial charge in [-0.2, -0.15) is 0 Å². The summed E-state index contributed by atoms with van der Waals surface area (Å²) in [4.78, 5) is 22.1. The number of carbonyl (C=O) groups excluding carboxylic acids is 1. The summed E-state index contributed by atoms with van der Waals surface area (Å²) in [5.74, 6) is -1.18. The number of alkyl carbamates (subject to hydrolysis) is 1. The van der Waals surface area contributed by atoms with Crippen LogP contribution < -0.4 is 5.32 Å². The number of hydrogen-bond acceptors (Lipinski definition) is 3. The maximum Gasteiger partial charge on any atom is 0.407 e. The number of fused-ring (bicyclic) bond motifs is 1. The minimum atomic E-state index is -1.11. The SMILES string of the molecule is O=C(O)CNC(=O)OCC1C(c2ccccc2)=Cc2ccccc21. The van der Waals surface area contributed by atoms with Gasteiger partial charge in [-0.05, 0) is 22.3 Å². The van der Waals surface area contributed by atoms with Gasteiger partial charge in [0.25, 0.3) is 0 Å². The molecule has 1 amide bonds. The van der Waals surface area contributed by atoms with E-state index in [0.717, 1.165) is 22.3 Å². The van der Waals surface area contributed by atoms with Gasteiger partial charge in [-0.3, -0.25) is 4.79 Å². The van der Waals surface area contributed by atoms with E-state index >= 15 is 0 Å². The minimum Gasteiger partial charge on any atom is -0.480 e. The average Bonchev–Trinajstić information content (AvgIpc) is 2.97. The monoisotopic (exact) mass is 323 g/mol. The van der Waals surface area contributed by atoms with Crippen molar-refractivity contribution in [1.82, 2.24) is 5.32 Å². The summed E-state index contributed by atoms with van der Waals surface area (Å²) in [6.45, 7) is -0.301. The van der Waals surface area contributed by atoms with Gasteiger partial charge in [0.2, 0.25) is 0 Å². The van der Waals surface area contributed by atoms with Gasteiger partial charge in [-0.25, -0.2) is 4.79 Å². The number of amides is 1. The molecular weight excluding hydrogens is 306 g/mol. The molecule has 5 nitrogen and oxygen atoms in total. The Bertz CT molecular complexity index is 783. The van der Waals surface area contributed by atoms with E-state index in [2.05, 4.69) is 11.4 Å². The Morgan fingerprint density at radius 1 is 1.04 bits per heavy atom. The molecule has 0 radical (unpaired) electrons. The highest BCUT2D eigenvalue weighted by Gasteiger charge is 2.27. The van der Waals surface area contributed by atoms with Crippen molar-refractivity contribution in [2.45, 2.75) is 5.92 Å². The molecule has 3 rings (SSSR count). The van der Waals surface area contributed by atoms with Crippen LogP contribution in [0, 0.1) is 0 Å². The standard InChI is InChI=1S/C19H17NO4/c21-18(22)11-20-19(23)24-12-17-15-9-5-4-8-14(15)10-16(17)13-6-2-1-3-7-13/h1-10,17H,11-12H2,(H,20,23)(H,21,22). The van der Waals surface area contributed by atoms with Gasteiger partial charge < -0.3 is 15.2 Å². The predicted octanol–water partition coefficient (Wildman–Crippen LogP) is 3.14. The Hall–Kier alpha value is -3.08. The predicted molar refractivity (Wildman–Crippen MR) is 90.5 cm³/mol. The first kappa shape index (κ1) is 15.8. The van der Waals surface area contributed by atoms with Crippen LogP contribution in [0.2, 0.25) is 0 Å². The van der Waals surface area contributed by atoms with Crippen LogP contribution >= 0.6 is 0 Å². The molecule has 1 aliphatic carbocycles. The number of hydrogen-bond donors (Lipinski definition) is 2. The Kier molecular flexibility index (Phi) is 4.61. The van der Waals surface area contributed by atoms with Gasteiger partial charge in [0.05, 0.1) is 0 Å². The van der Waals surface area contributed by atoms with Crippen LogP contribution in [-0.4, -0.2) is 30.3 Å². The summed E-state index contributed by atoms with van der Waals surface area (Å²) in [6, 6.07) is 17.9. The summed E-state index contributed by atoms with van der Waals surface area (Å²) >= 11 is 0. The van der Waals surface area contributed by atoms with Crippen molar-refractivity contribution in [3.63, 3.8) is 0 Å². The lowest BCUT2D eigenvalue weighted by Crippen LogP contribution is -2.30. The largest absolute Gasteiger partial charge is 0.480 e. The van der Waals surface area contributed by atoms with Crippen LogP contribution in [0.15, 0.2) is 54.6 Å². The second kappa shape index (κ2) is 7.00. The normalized spacial score (nSPS) is 15.3. The van der Waals surface area contributed by atoms with Gasteiger partial charge >= 0.3 is 12.1 Å². The molecule has 2 N–H and O–H groups in total. The molecule has 0 aromatic heterocycles. The fourth-order valence-corrected chi connectivity index (χ4v) is 2.85. The molecule has 0 fully saturated rings. The van der Waals surface area contributed by atoms with Crippen LogP contribution in [0.4, 0.5) is 4.79 Å². The Morgan fingerprint density at radius 2 is 1.75 bits per heavy atom. The third kappa shape index (κ3) is 3.46. The molecule has 0 saturated carbocycles. The number of ether oxygens (including phenoxy) is 1. The summed E-state index contributed by atoms with van der Waals surface area (Å²) in [5, 5.41) is 10.8. The van der Waals surface area contributed by atoms with Crippen molar-refractivity contribution in [2.24, 2.45) is 0 Å². The molecule has 2 aromatic carbocycles. The number of carboxylic acid groups (broad SMARTS) is 1. The lowest BCUT2D eigenvalue weighted by atomic mass is 9.92. The Labute approximate surface area is 139 Å². The third-order valence-corrected chi connectivity index (χ3v) is 3.93. The van der Waals surface area contributed by atoms with E-state index in [1.165, 1.54) is 0 Å². The summed E-state index contributed by atoms with van der Waals surface area (Å²) in [5.41, 5.74) is 4.37. The minimum absolute atomic E-state index is 0.0702. The number of benzene rings is 2. The molecule has 5 heteroatoms. The highest BCUT2D eigenvalue weighted by atomic mass is 16.5. The van der Waals surface area contributed by atoms with Gasteiger partial charge in [0, 0.05) is 5.92 Å². The highest BCUT2D eigenvalue weighted by molar-refractivity contribution is 5.91. The smallest absolute Gasteiger partial charge is 0.407 e. The van der Waals surface area contributed by atoms with Crippen molar-refractivity contribution in [3.05, 3.63) is 71.3 Å². The lowest BCUT2D eigenvalue weighted by molar-refractivity contribution is -0.135. The van der Waals surface area contributed by atoms with Crippen LogP contribution in [0.1, 0.15) is 22.6 Å². The van der Waals surface area contributed by atoms with E-state index in [1.54, 1.807) is 0 Å². The van der Waals surface area contributed by atoms with Gasteiger partial charge in [-0.15, -0.1) is 0 Å². The molecule has 0 bridgehead atoms. The molecule has 2 aromatic rings. The number of carbonyl (C=O) groups is 2. The summed E-state index contributed by atoms with van der Waals surface area (Å²) in [6.07, 6.45) is 1.38. The van der Waals surface area contributed by atoms with Gasteiger partial charge in [0.1, 0.15) is 13.2 Å². The molecule has 1 unspecified atom stereocenters. The number of nitrogens with one attached hydrogen (secondary N) is 1. The van der Waals surface area contributed by atoms with Crippen molar-refractivity contribution >= 4 is 23.7 Å². The van der Waals surface area contributed by atoms with E-state index in [-0.39, 0.29) is 12.5 Å². The molecule has 1 aliphatic rings. The zero-order valence-corrected chi connectivity index (χ0v) is 12.9.